The number of H-pyrrole nitrogens is 1. The normalized spacial score (nSPS) is 14.4. The first kappa shape index (κ1) is 15.5. The van der Waals surface area contributed by atoms with E-state index < -0.39 is 0 Å². The Balaban J connectivity index is 0.000000516. The van der Waals surface area contributed by atoms with E-state index in [0.29, 0.717) is 0 Å². The van der Waals surface area contributed by atoms with Crippen molar-refractivity contribution in [3.8, 4) is 6.57 Å². The van der Waals surface area contributed by atoms with Crippen molar-refractivity contribution in [2.24, 2.45) is 0 Å². The van der Waals surface area contributed by atoms with Gasteiger partial charge in [-0.15, -0.1) is 0 Å². The van der Waals surface area contributed by atoms with Crippen LogP contribution in [-0.4, -0.2) is 33.3 Å². The number of nitrogens with one attached hydrogen (secondary N) is 1. The van der Waals surface area contributed by atoms with E-state index in [4.69, 9.17) is 5.26 Å². The van der Waals surface area contributed by atoms with Crippen molar-refractivity contribution in [3.05, 3.63) is 12.5 Å². The van der Waals surface area contributed by atoms with Crippen LogP contribution in [0.15, 0.2) is 6.20 Å². The quantitative estimate of drug-likeness (QED) is 0.492. The van der Waals surface area contributed by atoms with Crippen molar-refractivity contribution in [2.75, 3.05) is 18.0 Å². The largest absolute Gasteiger partial charge is 1.00 e. The van der Waals surface area contributed by atoms with Crippen molar-refractivity contribution < 1.29 is 51.4 Å². The molecule has 0 unspecified atom stereocenters. The van der Waals surface area contributed by atoms with Crippen molar-refractivity contribution in [1.29, 1.82) is 5.26 Å². The molecule has 2 aromatic rings. The molecular weight excluding hydrogens is 255 g/mol. The van der Waals surface area contributed by atoms with Crippen molar-refractivity contribution in [1.82, 2.24) is 20.2 Å². The molecule has 2 aromatic heterocycles. The van der Waals surface area contributed by atoms with Crippen molar-refractivity contribution in [3.63, 3.8) is 0 Å². The van der Waals surface area contributed by atoms with E-state index in [2.05, 4.69) is 38.0 Å². The number of anilines is 1. The maximum atomic E-state index is 6.50. The third-order valence-electron chi connectivity index (χ3n) is 2.83. The maximum Gasteiger partial charge on any atom is 1.00 e. The zero-order chi connectivity index (χ0) is 12.1. The van der Waals surface area contributed by atoms with Crippen LogP contribution in [0, 0.1) is 18.2 Å². The van der Waals surface area contributed by atoms with Gasteiger partial charge in [-0.05, 0) is 18.2 Å². The molecule has 7 heteroatoms. The molecule has 0 atom stereocenters. The summed E-state index contributed by atoms with van der Waals surface area (Å²) < 4.78 is 0. The van der Waals surface area contributed by atoms with Crippen molar-refractivity contribution >= 4 is 16.9 Å². The van der Waals surface area contributed by atoms with E-state index in [9.17, 15) is 0 Å². The molecule has 0 radical (unpaired) electrons. The molecule has 1 fully saturated rings. The van der Waals surface area contributed by atoms with E-state index in [1.165, 1.54) is 19.3 Å². The van der Waals surface area contributed by atoms with E-state index >= 15 is 0 Å². The molecule has 88 valence electrons. The van der Waals surface area contributed by atoms with Gasteiger partial charge in [-0.1, -0.05) is 6.42 Å². The zero-order valence-electron chi connectivity index (χ0n) is 10.4. The van der Waals surface area contributed by atoms with Crippen LogP contribution < -0.4 is 56.3 Å². The minimum atomic E-state index is 0. The Morgan fingerprint density at radius 1 is 1.22 bits per heavy atom. The molecule has 1 aliphatic heterocycles. The van der Waals surface area contributed by atoms with Crippen LogP contribution in [0.5, 0.6) is 0 Å². The Hall–Kier alpha value is -0.524. The summed E-state index contributed by atoms with van der Waals surface area (Å²) in [6, 6.07) is 0. The van der Waals surface area contributed by atoms with Crippen LogP contribution >= 0.6 is 0 Å². The van der Waals surface area contributed by atoms with Crippen LogP contribution in [0.2, 0.25) is 0 Å². The molecule has 1 aliphatic rings. The van der Waals surface area contributed by atoms with E-state index in [1.807, 2.05) is 0 Å². The topological polar surface area (TPSA) is 81.5 Å². The summed E-state index contributed by atoms with van der Waals surface area (Å²) in [6.45, 7) is 5.65. The first-order valence-corrected chi connectivity index (χ1v) is 5.53. The van der Waals surface area contributed by atoms with Gasteiger partial charge < -0.3 is 20.0 Å². The van der Waals surface area contributed by atoms with Gasteiger partial charge in [0.1, 0.15) is 0 Å². The smallest absolute Gasteiger partial charge is 0.408 e. The van der Waals surface area contributed by atoms with Crippen LogP contribution in [0.25, 0.3) is 11.0 Å². The molecule has 0 bridgehead atoms. The fourth-order valence-corrected chi connectivity index (χ4v) is 2.06. The molecular formula is C11H13KN6. The Morgan fingerprint density at radius 3 is 2.67 bits per heavy atom. The summed E-state index contributed by atoms with van der Waals surface area (Å²) in [7, 11) is 0. The summed E-state index contributed by atoms with van der Waals surface area (Å²) in [5.74, 6) is 0.966. The van der Waals surface area contributed by atoms with Gasteiger partial charge in [0.05, 0.1) is 0 Å². The van der Waals surface area contributed by atoms with Crippen LogP contribution in [0.3, 0.4) is 0 Å². The molecule has 3 rings (SSSR count). The molecule has 0 spiro atoms. The van der Waals surface area contributed by atoms with Gasteiger partial charge in [0, 0.05) is 43.7 Å². The number of aromatic amines is 1. The first-order valence-electron chi connectivity index (χ1n) is 5.53. The van der Waals surface area contributed by atoms with Crippen LogP contribution in [-0.2, 0) is 0 Å². The van der Waals surface area contributed by atoms with Crippen LogP contribution in [0.4, 0.5) is 5.82 Å². The van der Waals surface area contributed by atoms with Gasteiger partial charge in [0.2, 0.25) is 0 Å². The van der Waals surface area contributed by atoms with Crippen LogP contribution in [0.1, 0.15) is 19.3 Å². The average molecular weight is 268 g/mol. The summed E-state index contributed by atoms with van der Waals surface area (Å²) in [6.07, 6.45) is 8.26. The van der Waals surface area contributed by atoms with E-state index in [1.54, 1.807) is 6.20 Å². The second kappa shape index (κ2) is 7.81. The molecule has 6 nitrogen and oxygen atoms in total. The fourth-order valence-electron chi connectivity index (χ4n) is 2.06. The molecule has 1 N–H and O–H groups in total. The summed E-state index contributed by atoms with van der Waals surface area (Å²) in [4.78, 5) is 10.5. The minimum Gasteiger partial charge on any atom is -0.408 e. The standard InChI is InChI=1S/C10H12N5.CHN.K/c1-2-4-15(5-3-1)10-8-6-13-14-9(8)11-7-12-10;1-2;/h6H,1-5H2,(H,11,12,13,14);1H;/q-1;;+1. The number of aromatic nitrogens is 4. The Morgan fingerprint density at radius 2 is 1.94 bits per heavy atom. The predicted molar refractivity (Wildman–Crippen MR) is 63.3 cm³/mol. The fraction of sp³-hybridized carbons (Fsp3) is 0.455. The Bertz CT molecular complexity index is 502. The second-order valence-electron chi connectivity index (χ2n) is 3.83. The number of fused-ring (bicyclic) bond motifs is 1. The van der Waals surface area contributed by atoms with E-state index in [0.717, 1.165) is 29.9 Å². The molecule has 0 saturated carbocycles. The number of piperidine rings is 1. The summed E-state index contributed by atoms with van der Waals surface area (Å²) in [5.41, 5.74) is 0.769. The third kappa shape index (κ3) is 3.27. The summed E-state index contributed by atoms with van der Waals surface area (Å²) >= 11 is 0. The number of hydrogen-bond donors (Lipinski definition) is 1. The molecule has 3 heterocycles. The maximum absolute atomic E-state index is 6.50. The van der Waals surface area contributed by atoms with Gasteiger partial charge >= 0.3 is 51.4 Å². The molecule has 0 aliphatic carbocycles. The monoisotopic (exact) mass is 268 g/mol. The minimum absolute atomic E-state index is 0. The molecule has 0 amide bonds. The predicted octanol–water partition coefficient (Wildman–Crippen LogP) is -1.71. The molecule has 0 aromatic carbocycles. The zero-order valence-corrected chi connectivity index (χ0v) is 13.5. The first-order chi connectivity index (χ1) is 8.45. The number of nitrogens with zero attached hydrogens (tertiary/aromatic N) is 5. The van der Waals surface area contributed by atoms with E-state index in [-0.39, 0.29) is 51.4 Å². The third-order valence-corrected chi connectivity index (χ3v) is 2.83. The van der Waals surface area contributed by atoms with Gasteiger partial charge in [0.15, 0.2) is 0 Å². The van der Waals surface area contributed by atoms with Gasteiger partial charge in [0.25, 0.3) is 0 Å². The second-order valence-corrected chi connectivity index (χ2v) is 3.83. The number of rotatable bonds is 1. The van der Waals surface area contributed by atoms with Gasteiger partial charge in [-0.25, -0.2) is 5.26 Å². The Kier molecular flexibility index (Phi) is 6.74. The SMILES string of the molecule is C#N.[K+].[c-]1nc(N2CCCCC2)c2cn[nH]c2n1. The van der Waals surface area contributed by atoms with Gasteiger partial charge in [-0.3, -0.25) is 0 Å². The van der Waals surface area contributed by atoms with Gasteiger partial charge in [-0.2, -0.15) is 5.10 Å². The van der Waals surface area contributed by atoms with Crippen molar-refractivity contribution in [2.45, 2.75) is 19.3 Å². The number of nitriles is 1. The summed E-state index contributed by atoms with van der Waals surface area (Å²) in [5, 5.41) is 14.3. The average Bonchev–Trinajstić information content (AvgIpc) is 2.90. The number of hydrogen-bond acceptors (Lipinski definition) is 5. The molecule has 18 heavy (non-hydrogen) atoms. The molecule has 1 saturated heterocycles. The Labute approximate surface area is 148 Å².